The number of amides is 8. The molecule has 794 valence electrons. The van der Waals surface area contributed by atoms with Crippen LogP contribution in [0.2, 0.25) is 5.15 Å². The summed E-state index contributed by atoms with van der Waals surface area (Å²) in [5.74, 6) is 0.947. The van der Waals surface area contributed by atoms with Crippen molar-refractivity contribution >= 4 is 116 Å². The van der Waals surface area contributed by atoms with Gasteiger partial charge in [0.05, 0.1) is 49.0 Å². The van der Waals surface area contributed by atoms with E-state index >= 15 is 0 Å². The molecule has 0 radical (unpaired) electrons. The van der Waals surface area contributed by atoms with Crippen LogP contribution in [-0.4, -0.2) is 315 Å². The second kappa shape index (κ2) is 59.6. The minimum atomic E-state index is -0.861. The van der Waals surface area contributed by atoms with Crippen molar-refractivity contribution in [2.75, 3.05) is 136 Å². The summed E-state index contributed by atoms with van der Waals surface area (Å²) in [6.45, 7) is 66.4. The van der Waals surface area contributed by atoms with E-state index in [1.165, 1.54) is 23.3 Å². The molecule has 2 N–H and O–H groups in total. The number of carboxylic acids is 1. The lowest BCUT2D eigenvalue weighted by Gasteiger charge is -2.35. The normalized spacial score (nSPS) is 15.3. The van der Waals surface area contributed by atoms with Gasteiger partial charge in [-0.2, -0.15) is 10.5 Å². The third-order valence-electron chi connectivity index (χ3n) is 22.3. The van der Waals surface area contributed by atoms with E-state index in [9.17, 15) is 43.2 Å². The molecule has 0 bridgehead atoms. The second-order valence-electron chi connectivity index (χ2n) is 40.3. The van der Waals surface area contributed by atoms with Crippen LogP contribution in [0.4, 0.5) is 25.0 Å². The number of ether oxygens (including phenoxy) is 4. The number of halogens is 3. The van der Waals surface area contributed by atoms with Crippen molar-refractivity contribution in [3.63, 3.8) is 0 Å². The van der Waals surface area contributed by atoms with E-state index in [2.05, 4.69) is 128 Å². The van der Waals surface area contributed by atoms with Crippen LogP contribution in [0, 0.1) is 22.7 Å². The Labute approximate surface area is 884 Å². The number of hydrogen-bond donors (Lipinski definition) is 2. The molecule has 7 aromatic heterocycles. The van der Waals surface area contributed by atoms with Gasteiger partial charge in [0, 0.05) is 194 Å². The van der Waals surface area contributed by atoms with E-state index in [-0.39, 0.29) is 96.9 Å². The van der Waals surface area contributed by atoms with Crippen LogP contribution < -0.4 is 10.2 Å². The molecule has 0 unspecified atom stereocenters. The van der Waals surface area contributed by atoms with E-state index in [0.717, 1.165) is 80.3 Å². The highest BCUT2D eigenvalue weighted by Gasteiger charge is 2.51. The molecule has 6 aliphatic rings. The van der Waals surface area contributed by atoms with E-state index < -0.39 is 22.8 Å². The lowest BCUT2D eigenvalue weighted by molar-refractivity contribution is -0.136. The summed E-state index contributed by atoms with van der Waals surface area (Å²) in [5.41, 5.74) is 7.04. The Bertz CT molecular complexity index is 5390. The van der Waals surface area contributed by atoms with Crippen LogP contribution in [0.25, 0.3) is 5.57 Å². The van der Waals surface area contributed by atoms with Gasteiger partial charge in [-0.1, -0.05) is 83.4 Å². The summed E-state index contributed by atoms with van der Waals surface area (Å²) in [7, 11) is -0.241. The Morgan fingerprint density at radius 1 is 0.425 bits per heavy atom. The topological polar surface area (TPSA) is 434 Å². The number of allylic oxidation sites excluding steroid dienone is 2. The molecular weight excluding hydrogens is 2020 g/mol. The molecule has 13 rings (SSSR count). The molecule has 6 fully saturated rings. The van der Waals surface area contributed by atoms with Crippen LogP contribution in [0.15, 0.2) is 143 Å². The van der Waals surface area contributed by atoms with Crippen molar-refractivity contribution in [1.29, 1.82) is 10.5 Å². The molecule has 146 heavy (non-hydrogen) atoms. The molecule has 8 amide bonds. The Morgan fingerprint density at radius 3 is 0.966 bits per heavy atom. The Hall–Kier alpha value is -12.2. The van der Waals surface area contributed by atoms with Crippen molar-refractivity contribution < 1.29 is 76.5 Å². The largest absolute Gasteiger partial charge is 0.489 e. The number of anilines is 1. The quantitative estimate of drug-likeness (QED) is 0.0711. The van der Waals surface area contributed by atoms with Gasteiger partial charge in [0.15, 0.2) is 22.4 Å². The predicted octanol–water partition coefficient (Wildman–Crippen LogP) is 16.3. The van der Waals surface area contributed by atoms with Gasteiger partial charge >= 0.3 is 37.5 Å². The zero-order chi connectivity index (χ0) is 109. The van der Waals surface area contributed by atoms with Gasteiger partial charge in [-0.15, -0.1) is 27.0 Å². The van der Waals surface area contributed by atoms with E-state index in [1.807, 2.05) is 216 Å². The Morgan fingerprint density at radius 2 is 0.719 bits per heavy atom. The highest BCUT2D eigenvalue weighted by atomic mass is 79.9. The van der Waals surface area contributed by atoms with Gasteiger partial charge < -0.3 is 82.8 Å². The van der Waals surface area contributed by atoms with Gasteiger partial charge in [-0.05, 0) is 257 Å². The van der Waals surface area contributed by atoms with Crippen molar-refractivity contribution in [1.82, 2.24) is 89.8 Å². The first-order valence-corrected chi connectivity index (χ1v) is 50.9. The van der Waals surface area contributed by atoms with Gasteiger partial charge in [-0.25, -0.2) is 19.2 Å². The molecule has 0 atom stereocenters. The van der Waals surface area contributed by atoms with Crippen LogP contribution in [-0.2, 0) is 84.3 Å². The molecule has 0 spiro atoms. The fraction of sp³-hybridized carbons (Fsp3) is 0.543. The molecule has 0 aliphatic carbocycles. The number of rotatable bonds is 15. The van der Waals surface area contributed by atoms with Gasteiger partial charge in [0.2, 0.25) is 23.6 Å². The third-order valence-corrected chi connectivity index (χ3v) is 23.5. The van der Waals surface area contributed by atoms with Gasteiger partial charge in [0.1, 0.15) is 34.5 Å². The fourth-order valence-electron chi connectivity index (χ4n) is 13.5. The summed E-state index contributed by atoms with van der Waals surface area (Å²) in [4.78, 5) is 145. The molecule has 0 saturated carbocycles. The van der Waals surface area contributed by atoms with Crippen LogP contribution >= 0.6 is 43.5 Å². The summed E-state index contributed by atoms with van der Waals surface area (Å²) in [6, 6.07) is 29.1. The first-order valence-electron chi connectivity index (χ1n) is 48.9. The maximum Gasteiger partial charge on any atom is 0.489 e. The van der Waals surface area contributed by atoms with Crippen molar-refractivity contribution in [3.05, 3.63) is 205 Å². The number of nitrogens with one attached hydrogen (secondary N) is 1. The number of aromatic nitrogens is 9. The smallest absolute Gasteiger partial charge is 0.481 e. The number of nitriles is 2. The maximum atomic E-state index is 12.5. The molecule has 6 saturated heterocycles. The number of aliphatic carboxylic acids is 1. The van der Waals surface area contributed by atoms with E-state index in [0.29, 0.717) is 146 Å². The lowest BCUT2D eigenvalue weighted by Crippen LogP contribution is -2.52. The second-order valence-corrected chi connectivity index (χ2v) is 42.5. The number of carboxylic acid groups (broad SMARTS) is 1. The Kier molecular flexibility index (Phi) is 50.7. The molecule has 37 nitrogen and oxygen atoms in total. The highest BCUT2D eigenvalue weighted by molar-refractivity contribution is 9.10. The number of carbonyl (C=O) groups is 9. The first-order chi connectivity index (χ1) is 68.4. The number of nitrogens with zero attached hydrogens (tertiary/aromatic N) is 20. The Balaban J connectivity index is 0.000000300. The van der Waals surface area contributed by atoms with Gasteiger partial charge in [0.25, 0.3) is 0 Å². The third kappa shape index (κ3) is 46.2. The number of carbonyl (C=O) groups excluding carboxylic acids is 8. The SMILES string of the molecule is C=C(C)B1OC(C)(C)C(C)(C)O1.C=C(C)c1ccc(CC(=O)N2CCN(C(=O)OC(C)(C)C)CC2)nc1.CC.CC(C)(C)OC(=O)N1CCN(C(=O)Cc2ccc(Br)cn2)CC1.CC(C)(C)OC(=O)N1CCNCC1.CC(C)c1ccc(CC(=O)N2CCN(C(=O)OC(C)(C)C)CC2)nc1.CC(C)c1ccc(CC(=O)N2CCN(c3ccc(C#N)nn3)CC2)nc1.N#Cc1ccc(Cl)nn1.O=C(O)Cc1ccc(Br)cn1. The zero-order valence-electron chi connectivity index (χ0n) is 89.4. The molecule has 13 heterocycles. The first kappa shape index (κ1) is 124. The van der Waals surface area contributed by atoms with Crippen LogP contribution in [0.5, 0.6) is 0 Å². The summed E-state index contributed by atoms with van der Waals surface area (Å²) in [5, 5.41) is 43.7. The van der Waals surface area contributed by atoms with E-state index in [1.54, 1.807) is 77.2 Å². The number of piperazine rings is 5. The highest BCUT2D eigenvalue weighted by Crippen LogP contribution is 2.38. The molecule has 41 heteroatoms. The average Bonchev–Trinajstić information content (AvgIpc) is 1.63. The van der Waals surface area contributed by atoms with Crippen LogP contribution in [0.1, 0.15) is 235 Å². The number of pyridine rings is 5. The summed E-state index contributed by atoms with van der Waals surface area (Å²) < 4.78 is 34.5. The monoisotopic (exact) mass is 2160 g/mol. The minimum Gasteiger partial charge on any atom is -0.481 e. The fourth-order valence-corrected chi connectivity index (χ4v) is 14.1. The summed E-state index contributed by atoms with van der Waals surface area (Å²) >= 11 is 11.9. The van der Waals surface area contributed by atoms with E-state index in [4.69, 9.17) is 55.5 Å². The van der Waals surface area contributed by atoms with Crippen molar-refractivity contribution in [2.45, 2.75) is 244 Å². The van der Waals surface area contributed by atoms with Crippen molar-refractivity contribution in [3.8, 4) is 12.1 Å². The standard InChI is InChI=1S/C19H22N6O.C19H29N3O3.C19H27N3O3.C16H22BrN3O3.C9H17BO2.C9H18N2O2.C7H6BrNO2.C5H2ClN3.C2H6/c1-14(2)15-3-4-16(21-13-15)11-19(26)25-9-7-24(8-10-25)18-6-5-17(12-20)22-23-18;2*1-14(2)15-6-7-16(20-13-15)12-17(23)21-8-10-22(11-9-21)18(24)25-19(3,4)5;1-16(2,3)23-15(22)20-8-6-19(7-9-20)14(21)10-13-5-4-12(17)11-18-13;1-7(2)10-11-8(3,4)9(5,6)12-10;1-9(2,3)13-8(12)11-6-4-10-5-7-11;8-5-1-2-6(9-4-5)3-7(10)11;6-5-2-1-4(3-7)8-9-5;1-2/h3-6,13-14H,7-11H2,1-2H3;6-7,13-14H,8-12H2,1-5H3;6-7,13H,1,8-12H2,2-5H3;4-5,11H,6-10H2,1-3H3;1H2,2-6H3;10H,4-7H2,1-3H3;1-2,4H,3H2,(H,10,11);1-2H;1-2H3. The maximum absolute atomic E-state index is 12.5. The van der Waals surface area contributed by atoms with Gasteiger partial charge in [-0.3, -0.25) is 48.9 Å². The van der Waals surface area contributed by atoms with Crippen LogP contribution in [0.3, 0.4) is 0 Å². The molecule has 6 aliphatic heterocycles. The molecule has 7 aromatic rings. The lowest BCUT2D eigenvalue weighted by atomic mass is 9.81. The number of hydrogen-bond acceptors (Lipinski definition) is 28. The molecular formula is C105H149BBr2ClN21O16. The average molecular weight is 2170 g/mol. The minimum absolute atomic E-state index is 0.0206. The summed E-state index contributed by atoms with van der Waals surface area (Å²) in [6.07, 6.45) is 8.70. The molecule has 0 aromatic carbocycles. The predicted molar refractivity (Wildman–Crippen MR) is 569 cm³/mol. The van der Waals surface area contributed by atoms with Crippen molar-refractivity contribution in [2.24, 2.45) is 0 Å². The zero-order valence-corrected chi connectivity index (χ0v) is 93.4.